The van der Waals surface area contributed by atoms with Crippen molar-refractivity contribution in [3.8, 4) is 5.75 Å². The van der Waals surface area contributed by atoms with Crippen LogP contribution in [-0.4, -0.2) is 31.1 Å². The first-order valence-corrected chi connectivity index (χ1v) is 8.62. The first-order valence-electron chi connectivity index (χ1n) is 8.62. The van der Waals surface area contributed by atoms with Gasteiger partial charge in [-0.3, -0.25) is 0 Å². The van der Waals surface area contributed by atoms with Gasteiger partial charge in [0.15, 0.2) is 5.75 Å². The van der Waals surface area contributed by atoms with Crippen LogP contribution in [0.15, 0.2) is 24.3 Å². The van der Waals surface area contributed by atoms with Crippen LogP contribution in [-0.2, 0) is 4.74 Å². The van der Waals surface area contributed by atoms with Crippen molar-refractivity contribution in [2.24, 2.45) is 0 Å². The molecule has 2 N–H and O–H groups in total. The first-order chi connectivity index (χ1) is 12.1. The summed E-state index contributed by atoms with van der Waals surface area (Å²) >= 11 is 0. The Balaban J connectivity index is 2.16. The summed E-state index contributed by atoms with van der Waals surface area (Å²) in [6.07, 6.45) is -1.73. The molecule has 26 heavy (non-hydrogen) atoms. The molecule has 1 rings (SSSR count). The minimum atomic E-state index is -4.71. The van der Waals surface area contributed by atoms with Crippen molar-refractivity contribution >= 4 is 11.8 Å². The zero-order valence-electron chi connectivity index (χ0n) is 15.4. The van der Waals surface area contributed by atoms with Crippen LogP contribution in [0, 0.1) is 0 Å². The predicted octanol–water partition coefficient (Wildman–Crippen LogP) is 5.08. The molecular weight excluding hydrogens is 349 g/mol. The summed E-state index contributed by atoms with van der Waals surface area (Å²) in [6.45, 7) is 6.48. The molecule has 0 aliphatic heterocycles. The highest BCUT2D eigenvalue weighted by atomic mass is 19.4. The van der Waals surface area contributed by atoms with E-state index in [1.807, 2.05) is 0 Å². The van der Waals surface area contributed by atoms with Crippen molar-refractivity contribution in [1.82, 2.24) is 5.32 Å². The summed E-state index contributed by atoms with van der Waals surface area (Å²) in [4.78, 5) is 11.4. The van der Waals surface area contributed by atoms with E-state index >= 15 is 0 Å². The number of anilines is 1. The van der Waals surface area contributed by atoms with Crippen molar-refractivity contribution in [1.29, 1.82) is 0 Å². The van der Waals surface area contributed by atoms with Crippen molar-refractivity contribution in [2.75, 3.05) is 18.4 Å². The van der Waals surface area contributed by atoms with Gasteiger partial charge in [0, 0.05) is 13.1 Å². The molecule has 0 aliphatic carbocycles. The van der Waals surface area contributed by atoms with Gasteiger partial charge in [0.1, 0.15) is 5.60 Å². The number of halogens is 3. The number of ether oxygens (including phenoxy) is 2. The molecule has 1 aromatic carbocycles. The fraction of sp³-hybridized carbons (Fsp3) is 0.611. The Morgan fingerprint density at radius 3 is 2.23 bits per heavy atom. The van der Waals surface area contributed by atoms with Gasteiger partial charge in [-0.05, 0) is 45.7 Å². The Morgan fingerprint density at radius 1 is 1.00 bits per heavy atom. The second kappa shape index (κ2) is 10.1. The van der Waals surface area contributed by atoms with Crippen LogP contribution in [0.25, 0.3) is 0 Å². The lowest BCUT2D eigenvalue weighted by Crippen LogP contribution is -2.32. The Kier molecular flexibility index (Phi) is 8.54. The number of carbonyl (C=O) groups is 1. The number of para-hydroxylation sites is 2. The molecule has 5 nitrogen and oxygen atoms in total. The maximum atomic E-state index is 12.3. The molecule has 0 unspecified atom stereocenters. The maximum absolute atomic E-state index is 12.3. The quantitative estimate of drug-likeness (QED) is 0.590. The van der Waals surface area contributed by atoms with Gasteiger partial charge in [-0.2, -0.15) is 0 Å². The number of unbranched alkanes of at least 4 members (excludes halogenated alkanes) is 3. The second-order valence-electron chi connectivity index (χ2n) is 6.81. The third-order valence-corrected chi connectivity index (χ3v) is 3.20. The van der Waals surface area contributed by atoms with Gasteiger partial charge in [0.25, 0.3) is 0 Å². The summed E-state index contributed by atoms with van der Waals surface area (Å²) in [6, 6.07) is 5.96. The van der Waals surface area contributed by atoms with Crippen LogP contribution in [0.4, 0.5) is 23.7 Å². The number of nitrogens with one attached hydrogen (secondary N) is 2. The highest BCUT2D eigenvalue weighted by Crippen LogP contribution is 2.29. The number of rotatable bonds is 9. The zero-order valence-corrected chi connectivity index (χ0v) is 15.4. The van der Waals surface area contributed by atoms with Crippen LogP contribution in [0.1, 0.15) is 46.5 Å². The lowest BCUT2D eigenvalue weighted by Gasteiger charge is -2.19. The lowest BCUT2D eigenvalue weighted by atomic mass is 10.2. The van der Waals surface area contributed by atoms with Crippen LogP contribution in [0.2, 0.25) is 0 Å². The molecule has 8 heteroatoms. The Bertz CT molecular complexity index is 557. The van der Waals surface area contributed by atoms with E-state index < -0.39 is 18.1 Å². The molecule has 0 atom stereocenters. The van der Waals surface area contributed by atoms with Crippen molar-refractivity contribution < 1.29 is 27.4 Å². The topological polar surface area (TPSA) is 59.6 Å². The summed E-state index contributed by atoms with van der Waals surface area (Å²) in [5.74, 6) is -0.235. The van der Waals surface area contributed by atoms with Crippen LogP contribution in [0.3, 0.4) is 0 Å². The van der Waals surface area contributed by atoms with Crippen LogP contribution in [0.5, 0.6) is 5.75 Å². The Labute approximate surface area is 152 Å². The summed E-state index contributed by atoms with van der Waals surface area (Å²) in [5, 5.41) is 5.64. The van der Waals surface area contributed by atoms with Crippen molar-refractivity contribution in [3.63, 3.8) is 0 Å². The maximum Gasteiger partial charge on any atom is 0.573 e. The number of hydrogen-bond donors (Lipinski definition) is 2. The molecule has 1 amide bonds. The third-order valence-electron chi connectivity index (χ3n) is 3.20. The summed E-state index contributed by atoms with van der Waals surface area (Å²) in [7, 11) is 0. The first kappa shape index (κ1) is 21.9. The molecule has 0 bridgehead atoms. The van der Waals surface area contributed by atoms with Gasteiger partial charge in [-0.1, -0.05) is 25.0 Å². The van der Waals surface area contributed by atoms with Crippen LogP contribution >= 0.6 is 0 Å². The van der Waals surface area contributed by atoms with E-state index in [1.165, 1.54) is 12.1 Å². The number of carbonyl (C=O) groups excluding carboxylic acids is 1. The number of benzene rings is 1. The minimum absolute atomic E-state index is 0.235. The zero-order chi connectivity index (χ0) is 19.6. The number of alkyl halides is 3. The number of hydrogen-bond acceptors (Lipinski definition) is 4. The third kappa shape index (κ3) is 10.7. The van der Waals surface area contributed by atoms with Gasteiger partial charge < -0.3 is 20.1 Å². The molecule has 0 aromatic heterocycles. The largest absolute Gasteiger partial charge is 0.573 e. The highest BCUT2D eigenvalue weighted by Gasteiger charge is 2.32. The number of amides is 1. The lowest BCUT2D eigenvalue weighted by molar-refractivity contribution is -0.274. The Hall–Kier alpha value is -2.12. The van der Waals surface area contributed by atoms with Gasteiger partial charge in [-0.15, -0.1) is 13.2 Å². The Morgan fingerprint density at radius 2 is 1.62 bits per heavy atom. The fourth-order valence-corrected chi connectivity index (χ4v) is 2.16. The predicted molar refractivity (Wildman–Crippen MR) is 94.3 cm³/mol. The smallest absolute Gasteiger partial charge is 0.444 e. The summed E-state index contributed by atoms with van der Waals surface area (Å²) in [5.41, 5.74) is -0.196. The van der Waals surface area contributed by atoms with Gasteiger partial charge in [-0.25, -0.2) is 4.79 Å². The minimum Gasteiger partial charge on any atom is -0.444 e. The van der Waals surface area contributed by atoms with E-state index in [1.54, 1.807) is 32.9 Å². The molecule has 0 heterocycles. The van der Waals surface area contributed by atoms with Crippen LogP contribution < -0.4 is 15.4 Å². The second-order valence-corrected chi connectivity index (χ2v) is 6.81. The van der Waals surface area contributed by atoms with E-state index in [9.17, 15) is 18.0 Å². The molecule has 0 spiro atoms. The molecule has 1 aromatic rings. The monoisotopic (exact) mass is 376 g/mol. The standard InChI is InChI=1S/C18H27F3N2O3/c1-17(2,3)26-16(24)23-13-9-5-4-8-12-22-14-10-6-7-11-15(14)25-18(19,20)21/h6-7,10-11,22H,4-5,8-9,12-13H2,1-3H3,(H,23,24). The normalized spacial score (nSPS) is 11.8. The SMILES string of the molecule is CC(C)(C)OC(=O)NCCCCCCNc1ccccc1OC(F)(F)F. The summed E-state index contributed by atoms with van der Waals surface area (Å²) < 4.78 is 46.1. The highest BCUT2D eigenvalue weighted by molar-refractivity contribution is 5.67. The van der Waals surface area contributed by atoms with Gasteiger partial charge >= 0.3 is 12.5 Å². The average Bonchev–Trinajstić information content (AvgIpc) is 2.48. The molecule has 0 saturated carbocycles. The molecule has 0 radical (unpaired) electrons. The molecule has 148 valence electrons. The number of alkyl carbamates (subject to hydrolysis) is 1. The van der Waals surface area contributed by atoms with Crippen molar-refractivity contribution in [3.05, 3.63) is 24.3 Å². The van der Waals surface area contributed by atoms with Gasteiger partial charge in [0.05, 0.1) is 5.69 Å². The molecule has 0 aliphatic rings. The molecule has 0 saturated heterocycles. The van der Waals surface area contributed by atoms with E-state index in [0.29, 0.717) is 18.8 Å². The van der Waals surface area contributed by atoms with E-state index in [-0.39, 0.29) is 5.75 Å². The van der Waals surface area contributed by atoms with Gasteiger partial charge in [0.2, 0.25) is 0 Å². The molecular formula is C18H27F3N2O3. The van der Waals surface area contributed by atoms with E-state index in [4.69, 9.17) is 4.74 Å². The fourth-order valence-electron chi connectivity index (χ4n) is 2.16. The average molecular weight is 376 g/mol. The van der Waals surface area contributed by atoms with Crippen molar-refractivity contribution in [2.45, 2.75) is 58.4 Å². The van der Waals surface area contributed by atoms with E-state index in [2.05, 4.69) is 15.4 Å². The van der Waals surface area contributed by atoms with E-state index in [0.717, 1.165) is 25.7 Å². The molecule has 0 fully saturated rings.